The maximum absolute atomic E-state index is 12.4. The zero-order valence-electron chi connectivity index (χ0n) is 13.5. The van der Waals surface area contributed by atoms with Gasteiger partial charge < -0.3 is 21.1 Å². The number of fused-ring (bicyclic) bond motifs is 1. The van der Waals surface area contributed by atoms with Gasteiger partial charge in [0, 0.05) is 18.4 Å². The number of carbonyl (C=O) groups is 2. The summed E-state index contributed by atoms with van der Waals surface area (Å²) in [5.74, 6) is -0.482. The molecule has 0 aliphatic carbocycles. The minimum absolute atomic E-state index is 0.0749. The Kier molecular flexibility index (Phi) is 4.52. The number of amides is 3. The predicted octanol–water partition coefficient (Wildman–Crippen LogP) is 3.55. The molecule has 6 heteroatoms. The van der Waals surface area contributed by atoms with E-state index in [-0.39, 0.29) is 17.3 Å². The number of benzene rings is 3. The lowest BCUT2D eigenvalue weighted by molar-refractivity contribution is 0.102. The van der Waals surface area contributed by atoms with Gasteiger partial charge in [0.1, 0.15) is 5.75 Å². The number of rotatable bonds is 3. The van der Waals surface area contributed by atoms with E-state index in [9.17, 15) is 14.7 Å². The second kappa shape index (κ2) is 6.92. The van der Waals surface area contributed by atoms with Crippen LogP contribution in [0.25, 0.3) is 10.8 Å². The van der Waals surface area contributed by atoms with Crippen LogP contribution in [0.5, 0.6) is 5.75 Å². The highest BCUT2D eigenvalue weighted by Crippen LogP contribution is 2.26. The molecule has 0 heterocycles. The predicted molar refractivity (Wildman–Crippen MR) is 98.1 cm³/mol. The van der Waals surface area contributed by atoms with Crippen molar-refractivity contribution in [2.75, 3.05) is 17.7 Å². The highest BCUT2D eigenvalue weighted by molar-refractivity contribution is 6.08. The average Bonchev–Trinajstić information content (AvgIpc) is 2.62. The van der Waals surface area contributed by atoms with Crippen LogP contribution in [-0.2, 0) is 0 Å². The van der Waals surface area contributed by atoms with Gasteiger partial charge >= 0.3 is 6.03 Å². The molecule has 0 spiro atoms. The van der Waals surface area contributed by atoms with Gasteiger partial charge in [-0.3, -0.25) is 4.79 Å². The second-order valence-corrected chi connectivity index (χ2v) is 5.45. The molecule has 3 amide bonds. The largest absolute Gasteiger partial charge is 0.507 e. The van der Waals surface area contributed by atoms with E-state index in [2.05, 4.69) is 16.0 Å². The lowest BCUT2D eigenvalue weighted by atomic mass is 10.1. The summed E-state index contributed by atoms with van der Waals surface area (Å²) < 4.78 is 0. The Balaban J connectivity index is 1.78. The number of aromatic hydroxyl groups is 1. The van der Waals surface area contributed by atoms with Crippen molar-refractivity contribution >= 4 is 34.1 Å². The Morgan fingerprint density at radius 3 is 2.00 bits per heavy atom. The molecule has 0 aliphatic heterocycles. The molecule has 0 bridgehead atoms. The molecule has 0 saturated heterocycles. The highest BCUT2D eigenvalue weighted by Gasteiger charge is 2.13. The van der Waals surface area contributed by atoms with Crippen molar-refractivity contribution in [3.8, 4) is 5.75 Å². The molecule has 0 aliphatic rings. The van der Waals surface area contributed by atoms with Gasteiger partial charge in [0.25, 0.3) is 5.91 Å². The molecule has 0 fully saturated rings. The Hall–Kier alpha value is -3.54. The molecule has 0 saturated carbocycles. The first-order valence-electron chi connectivity index (χ1n) is 7.69. The number of phenols is 1. The van der Waals surface area contributed by atoms with Crippen molar-refractivity contribution in [2.24, 2.45) is 0 Å². The van der Waals surface area contributed by atoms with Crippen molar-refractivity contribution in [3.05, 3.63) is 66.2 Å². The third-order valence-corrected chi connectivity index (χ3v) is 3.74. The summed E-state index contributed by atoms with van der Waals surface area (Å²) in [4.78, 5) is 23.7. The average molecular weight is 335 g/mol. The number of anilines is 2. The van der Waals surface area contributed by atoms with Gasteiger partial charge in [-0.25, -0.2) is 4.79 Å². The molecular formula is C19H17N3O3. The number of phenolic OH excluding ortho intramolecular Hbond substituents is 1. The Morgan fingerprint density at radius 2 is 1.40 bits per heavy atom. The normalized spacial score (nSPS) is 10.3. The topological polar surface area (TPSA) is 90.5 Å². The summed E-state index contributed by atoms with van der Waals surface area (Å²) in [5.41, 5.74) is 1.36. The molecular weight excluding hydrogens is 318 g/mol. The summed E-state index contributed by atoms with van der Waals surface area (Å²) in [6.07, 6.45) is 0. The van der Waals surface area contributed by atoms with Crippen LogP contribution in [0.3, 0.4) is 0 Å². The van der Waals surface area contributed by atoms with Crippen molar-refractivity contribution in [1.82, 2.24) is 5.32 Å². The van der Waals surface area contributed by atoms with Gasteiger partial charge in [0.15, 0.2) is 0 Å². The van der Waals surface area contributed by atoms with Crippen LogP contribution in [0.1, 0.15) is 10.4 Å². The lowest BCUT2D eigenvalue weighted by Gasteiger charge is -2.09. The molecule has 6 nitrogen and oxygen atoms in total. The van der Waals surface area contributed by atoms with Crippen LogP contribution in [0, 0.1) is 0 Å². The third-order valence-electron chi connectivity index (χ3n) is 3.74. The van der Waals surface area contributed by atoms with Crippen LogP contribution >= 0.6 is 0 Å². The third kappa shape index (κ3) is 3.69. The summed E-state index contributed by atoms with van der Waals surface area (Å²) >= 11 is 0. The van der Waals surface area contributed by atoms with Crippen LogP contribution in [0.4, 0.5) is 16.2 Å². The molecule has 0 aromatic heterocycles. The molecule has 3 rings (SSSR count). The van der Waals surface area contributed by atoms with Crippen molar-refractivity contribution in [3.63, 3.8) is 0 Å². The van der Waals surface area contributed by atoms with E-state index in [0.717, 1.165) is 10.8 Å². The van der Waals surface area contributed by atoms with Gasteiger partial charge in [-0.2, -0.15) is 0 Å². The summed E-state index contributed by atoms with van der Waals surface area (Å²) in [5, 5.41) is 19.7. The summed E-state index contributed by atoms with van der Waals surface area (Å²) in [7, 11) is 1.53. The quantitative estimate of drug-likeness (QED) is 0.590. The van der Waals surface area contributed by atoms with Gasteiger partial charge in [0.2, 0.25) is 0 Å². The van der Waals surface area contributed by atoms with E-state index >= 15 is 0 Å². The monoisotopic (exact) mass is 335 g/mol. The smallest absolute Gasteiger partial charge is 0.318 e. The SMILES string of the molecule is CNC(=O)Nc1ccc(NC(=O)c2cc3ccccc3cc2O)cc1. The summed E-state index contributed by atoms with van der Waals surface area (Å²) in [6.45, 7) is 0. The number of carbonyl (C=O) groups excluding carboxylic acids is 2. The van der Waals surface area contributed by atoms with Crippen LogP contribution < -0.4 is 16.0 Å². The zero-order chi connectivity index (χ0) is 17.8. The molecule has 0 unspecified atom stereocenters. The maximum atomic E-state index is 12.4. The van der Waals surface area contributed by atoms with Crippen LogP contribution in [0.15, 0.2) is 60.7 Å². The van der Waals surface area contributed by atoms with E-state index in [1.54, 1.807) is 36.4 Å². The molecule has 0 radical (unpaired) electrons. The van der Waals surface area contributed by atoms with E-state index in [1.165, 1.54) is 7.05 Å². The van der Waals surface area contributed by atoms with Crippen molar-refractivity contribution < 1.29 is 14.7 Å². The molecule has 3 aromatic rings. The Morgan fingerprint density at radius 1 is 0.840 bits per heavy atom. The number of urea groups is 1. The number of hydrogen-bond acceptors (Lipinski definition) is 3. The molecule has 3 aromatic carbocycles. The maximum Gasteiger partial charge on any atom is 0.318 e. The minimum Gasteiger partial charge on any atom is -0.507 e. The van der Waals surface area contributed by atoms with Crippen molar-refractivity contribution in [1.29, 1.82) is 0 Å². The Labute approximate surface area is 144 Å². The minimum atomic E-state index is -0.407. The standard InChI is InChI=1S/C19H17N3O3/c1-20-19(25)22-15-8-6-14(7-9-15)21-18(24)16-10-12-4-2-3-5-13(12)11-17(16)23/h2-11,23H,1H3,(H,21,24)(H2,20,22,25). The fourth-order valence-electron chi connectivity index (χ4n) is 2.44. The zero-order valence-corrected chi connectivity index (χ0v) is 13.5. The van der Waals surface area contributed by atoms with Gasteiger partial charge in [-0.15, -0.1) is 0 Å². The first kappa shape index (κ1) is 16.3. The first-order chi connectivity index (χ1) is 12.1. The second-order valence-electron chi connectivity index (χ2n) is 5.45. The molecule has 4 N–H and O–H groups in total. The van der Waals surface area contributed by atoms with Gasteiger partial charge in [0.05, 0.1) is 5.56 Å². The fourth-order valence-corrected chi connectivity index (χ4v) is 2.44. The van der Waals surface area contributed by atoms with E-state index in [0.29, 0.717) is 11.4 Å². The van der Waals surface area contributed by atoms with Gasteiger partial charge in [-0.1, -0.05) is 24.3 Å². The van der Waals surface area contributed by atoms with E-state index in [4.69, 9.17) is 0 Å². The molecule has 25 heavy (non-hydrogen) atoms. The van der Waals surface area contributed by atoms with Crippen LogP contribution in [0.2, 0.25) is 0 Å². The molecule has 0 atom stereocenters. The number of nitrogens with one attached hydrogen (secondary N) is 3. The molecule has 126 valence electrons. The highest BCUT2D eigenvalue weighted by atomic mass is 16.3. The first-order valence-corrected chi connectivity index (χ1v) is 7.69. The van der Waals surface area contributed by atoms with Crippen molar-refractivity contribution in [2.45, 2.75) is 0 Å². The van der Waals surface area contributed by atoms with E-state index in [1.807, 2.05) is 24.3 Å². The Bertz CT molecular complexity index is 936. The van der Waals surface area contributed by atoms with Gasteiger partial charge in [-0.05, 0) is 47.2 Å². The van der Waals surface area contributed by atoms with Crippen LogP contribution in [-0.4, -0.2) is 24.1 Å². The lowest BCUT2D eigenvalue weighted by Crippen LogP contribution is -2.24. The number of hydrogen-bond donors (Lipinski definition) is 4. The van der Waals surface area contributed by atoms with E-state index < -0.39 is 5.91 Å². The summed E-state index contributed by atoms with van der Waals surface area (Å²) in [6, 6.07) is 17.1. The fraction of sp³-hybridized carbons (Fsp3) is 0.0526.